The van der Waals surface area contributed by atoms with Crippen molar-refractivity contribution in [3.8, 4) is 6.07 Å². The minimum Gasteiger partial charge on any atom is -0.393 e. The summed E-state index contributed by atoms with van der Waals surface area (Å²) in [5.41, 5.74) is 1.27. The predicted molar refractivity (Wildman–Crippen MR) is 58.8 cm³/mol. The first-order valence-electron chi connectivity index (χ1n) is 5.19. The number of anilines is 1. The van der Waals surface area contributed by atoms with Gasteiger partial charge in [-0.15, -0.1) is 0 Å². The molecule has 82 valence electrons. The molecule has 1 unspecified atom stereocenters. The second-order valence-corrected chi connectivity index (χ2v) is 3.85. The average molecular weight is 216 g/mol. The summed E-state index contributed by atoms with van der Waals surface area (Å²) in [7, 11) is 0. The molecule has 1 saturated heterocycles. The minimum absolute atomic E-state index is 0.0890. The first kappa shape index (κ1) is 10.7. The first-order valence-corrected chi connectivity index (χ1v) is 5.19. The van der Waals surface area contributed by atoms with E-state index < -0.39 is 6.10 Å². The molecule has 1 aliphatic heterocycles. The molecule has 1 aliphatic rings. The Balaban J connectivity index is 2.24. The Hall–Kier alpha value is -1.86. The summed E-state index contributed by atoms with van der Waals surface area (Å²) < 4.78 is 0. The average Bonchev–Trinajstić information content (AvgIpc) is 2.29. The number of aliphatic hydroxyl groups is 1. The van der Waals surface area contributed by atoms with E-state index in [1.165, 1.54) is 0 Å². The van der Waals surface area contributed by atoms with Crippen LogP contribution in [0.1, 0.15) is 18.4 Å². The van der Waals surface area contributed by atoms with Gasteiger partial charge in [-0.1, -0.05) is 6.07 Å². The van der Waals surface area contributed by atoms with Crippen molar-refractivity contribution >= 4 is 11.6 Å². The normalized spacial score (nSPS) is 20.6. The van der Waals surface area contributed by atoms with Gasteiger partial charge in [0, 0.05) is 12.2 Å². The Labute approximate surface area is 93.7 Å². The Bertz CT molecular complexity index is 451. The maximum absolute atomic E-state index is 11.7. The Morgan fingerprint density at radius 2 is 2.31 bits per heavy atom. The third-order valence-electron chi connectivity index (χ3n) is 2.68. The quantitative estimate of drug-likeness (QED) is 0.763. The molecule has 0 aromatic heterocycles. The molecule has 1 N–H and O–H groups in total. The minimum atomic E-state index is -0.525. The monoisotopic (exact) mass is 216 g/mol. The molecule has 4 nitrogen and oxygen atoms in total. The maximum atomic E-state index is 11.7. The van der Waals surface area contributed by atoms with E-state index in [0.29, 0.717) is 18.5 Å². The number of piperidine rings is 1. The van der Waals surface area contributed by atoms with E-state index in [9.17, 15) is 9.90 Å². The fraction of sp³-hybridized carbons (Fsp3) is 0.333. The van der Waals surface area contributed by atoms with E-state index in [0.717, 1.165) is 5.69 Å². The third-order valence-corrected chi connectivity index (χ3v) is 2.68. The summed E-state index contributed by atoms with van der Waals surface area (Å²) >= 11 is 0. The maximum Gasteiger partial charge on any atom is 0.229 e. The summed E-state index contributed by atoms with van der Waals surface area (Å²) in [5.74, 6) is -0.0890. The number of rotatable bonds is 1. The number of carbonyl (C=O) groups is 1. The standard InChI is InChI=1S/C12H12N2O2/c13-8-9-2-1-3-10(6-9)14-5-4-11(15)7-12(14)16/h1-3,6,11,15H,4-5,7H2. The second kappa shape index (κ2) is 4.33. The number of benzene rings is 1. The Morgan fingerprint density at radius 3 is 3.00 bits per heavy atom. The van der Waals surface area contributed by atoms with E-state index in [1.54, 1.807) is 29.2 Å². The molecule has 0 spiro atoms. The molecule has 1 aromatic carbocycles. The molecule has 0 bridgehead atoms. The van der Waals surface area contributed by atoms with Crippen LogP contribution in [0.15, 0.2) is 24.3 Å². The Morgan fingerprint density at radius 1 is 1.50 bits per heavy atom. The largest absolute Gasteiger partial charge is 0.393 e. The van der Waals surface area contributed by atoms with Crippen molar-refractivity contribution in [3.63, 3.8) is 0 Å². The van der Waals surface area contributed by atoms with Crippen molar-refractivity contribution < 1.29 is 9.90 Å². The van der Waals surface area contributed by atoms with Crippen LogP contribution in [-0.2, 0) is 4.79 Å². The van der Waals surface area contributed by atoms with Gasteiger partial charge >= 0.3 is 0 Å². The van der Waals surface area contributed by atoms with Gasteiger partial charge in [0.2, 0.25) is 5.91 Å². The fourth-order valence-electron chi connectivity index (χ4n) is 1.83. The number of carbonyl (C=O) groups excluding carboxylic acids is 1. The molecule has 16 heavy (non-hydrogen) atoms. The molecule has 1 atom stereocenters. The van der Waals surface area contributed by atoms with Crippen LogP contribution in [0.5, 0.6) is 0 Å². The van der Waals surface area contributed by atoms with Crippen LogP contribution in [0.3, 0.4) is 0 Å². The van der Waals surface area contributed by atoms with Crippen LogP contribution >= 0.6 is 0 Å². The highest BCUT2D eigenvalue weighted by atomic mass is 16.3. The van der Waals surface area contributed by atoms with Crippen LogP contribution in [0, 0.1) is 11.3 Å². The number of hydrogen-bond acceptors (Lipinski definition) is 3. The van der Waals surface area contributed by atoms with Crippen LogP contribution < -0.4 is 4.90 Å². The van der Waals surface area contributed by atoms with Gasteiger partial charge in [0.25, 0.3) is 0 Å². The van der Waals surface area contributed by atoms with Gasteiger partial charge in [0.1, 0.15) is 0 Å². The van der Waals surface area contributed by atoms with Gasteiger partial charge in [-0.25, -0.2) is 0 Å². The zero-order valence-electron chi connectivity index (χ0n) is 8.76. The number of hydrogen-bond donors (Lipinski definition) is 1. The topological polar surface area (TPSA) is 64.3 Å². The lowest BCUT2D eigenvalue weighted by atomic mass is 10.1. The lowest BCUT2D eigenvalue weighted by Gasteiger charge is -2.29. The van der Waals surface area contributed by atoms with Crippen molar-refractivity contribution in [2.45, 2.75) is 18.9 Å². The third kappa shape index (κ3) is 2.05. The van der Waals surface area contributed by atoms with Gasteiger partial charge < -0.3 is 10.0 Å². The highest BCUT2D eigenvalue weighted by Crippen LogP contribution is 2.21. The summed E-state index contributed by atoms with van der Waals surface area (Å²) in [6.07, 6.45) is 0.224. The van der Waals surface area contributed by atoms with Crippen LogP contribution in [0.2, 0.25) is 0 Å². The first-order chi connectivity index (χ1) is 7.70. The molecule has 0 aliphatic carbocycles. The molecular formula is C12H12N2O2. The van der Waals surface area contributed by atoms with E-state index in [1.807, 2.05) is 6.07 Å². The second-order valence-electron chi connectivity index (χ2n) is 3.85. The summed E-state index contributed by atoms with van der Waals surface area (Å²) in [6, 6.07) is 8.99. The smallest absolute Gasteiger partial charge is 0.229 e. The van der Waals surface area contributed by atoms with Crippen LogP contribution in [0.4, 0.5) is 5.69 Å². The molecule has 0 saturated carbocycles. The fourth-order valence-corrected chi connectivity index (χ4v) is 1.83. The van der Waals surface area contributed by atoms with Gasteiger partial charge in [-0.3, -0.25) is 4.79 Å². The van der Waals surface area contributed by atoms with Gasteiger partial charge in [-0.05, 0) is 24.6 Å². The van der Waals surface area contributed by atoms with E-state index >= 15 is 0 Å². The summed E-state index contributed by atoms with van der Waals surface area (Å²) in [5, 5.41) is 18.1. The molecule has 2 rings (SSSR count). The summed E-state index contributed by atoms with van der Waals surface area (Å²) in [4.78, 5) is 13.3. The lowest BCUT2D eigenvalue weighted by Crippen LogP contribution is -2.40. The molecule has 1 amide bonds. The SMILES string of the molecule is N#Cc1cccc(N2CCC(O)CC2=O)c1. The van der Waals surface area contributed by atoms with Gasteiger partial charge in [0.15, 0.2) is 0 Å². The molecular weight excluding hydrogens is 204 g/mol. The van der Waals surface area contributed by atoms with Crippen molar-refractivity contribution in [3.05, 3.63) is 29.8 Å². The summed E-state index contributed by atoms with van der Waals surface area (Å²) in [6.45, 7) is 0.509. The molecule has 1 aromatic rings. The van der Waals surface area contributed by atoms with Crippen LogP contribution in [0.25, 0.3) is 0 Å². The number of amides is 1. The van der Waals surface area contributed by atoms with E-state index in [-0.39, 0.29) is 12.3 Å². The molecule has 1 heterocycles. The van der Waals surface area contributed by atoms with E-state index in [2.05, 4.69) is 0 Å². The van der Waals surface area contributed by atoms with Crippen LogP contribution in [-0.4, -0.2) is 23.7 Å². The van der Waals surface area contributed by atoms with E-state index in [4.69, 9.17) is 5.26 Å². The van der Waals surface area contributed by atoms with Crippen molar-refractivity contribution in [1.29, 1.82) is 5.26 Å². The predicted octanol–water partition coefficient (Wildman–Crippen LogP) is 1.05. The number of aliphatic hydroxyl groups excluding tert-OH is 1. The van der Waals surface area contributed by atoms with Crippen molar-refractivity contribution in [1.82, 2.24) is 0 Å². The zero-order chi connectivity index (χ0) is 11.5. The number of nitriles is 1. The lowest BCUT2D eigenvalue weighted by molar-refractivity contribution is -0.122. The molecule has 1 fully saturated rings. The highest BCUT2D eigenvalue weighted by Gasteiger charge is 2.25. The molecule has 0 radical (unpaired) electrons. The highest BCUT2D eigenvalue weighted by molar-refractivity contribution is 5.94. The van der Waals surface area contributed by atoms with Gasteiger partial charge in [0.05, 0.1) is 24.2 Å². The zero-order valence-corrected chi connectivity index (χ0v) is 8.76. The Kier molecular flexibility index (Phi) is 2.88. The molecule has 4 heteroatoms. The van der Waals surface area contributed by atoms with Gasteiger partial charge in [-0.2, -0.15) is 5.26 Å². The number of nitrogens with zero attached hydrogens (tertiary/aromatic N) is 2. The van der Waals surface area contributed by atoms with Crippen molar-refractivity contribution in [2.75, 3.05) is 11.4 Å². The van der Waals surface area contributed by atoms with Crippen molar-refractivity contribution in [2.24, 2.45) is 0 Å².